The number of nitrogens with zero attached hydrogens (tertiary/aromatic N) is 2. The Bertz CT molecular complexity index is 839. The van der Waals surface area contributed by atoms with Crippen LogP contribution in [-0.4, -0.2) is 4.98 Å². The smallest absolute Gasteiger partial charge is 0.126 e. The molecule has 0 aliphatic heterocycles. The van der Waals surface area contributed by atoms with Crippen LogP contribution >= 0.6 is 11.3 Å². The molecule has 1 aromatic carbocycles. The summed E-state index contributed by atoms with van der Waals surface area (Å²) in [5.41, 5.74) is 10.9. The van der Waals surface area contributed by atoms with E-state index in [4.69, 9.17) is 11.0 Å². The van der Waals surface area contributed by atoms with Crippen molar-refractivity contribution in [2.24, 2.45) is 0 Å². The molecular formula is C16H13N3S. The Balaban J connectivity index is 2.24. The molecule has 0 radical (unpaired) electrons. The van der Waals surface area contributed by atoms with Crippen molar-refractivity contribution in [3.63, 3.8) is 0 Å². The summed E-state index contributed by atoms with van der Waals surface area (Å²) in [4.78, 5) is 6.55. The summed E-state index contributed by atoms with van der Waals surface area (Å²) in [7, 11) is 0. The van der Waals surface area contributed by atoms with Crippen molar-refractivity contribution in [2.75, 3.05) is 5.73 Å². The number of fused-ring (bicyclic) bond motifs is 1. The lowest BCUT2D eigenvalue weighted by Gasteiger charge is -2.01. The van der Waals surface area contributed by atoms with Gasteiger partial charge in [0.1, 0.15) is 4.83 Å². The van der Waals surface area contributed by atoms with Gasteiger partial charge in [-0.1, -0.05) is 12.1 Å². The van der Waals surface area contributed by atoms with Gasteiger partial charge in [-0.15, -0.1) is 11.3 Å². The minimum absolute atomic E-state index is 0.651. The molecule has 2 N–H and O–H groups in total. The quantitative estimate of drug-likeness (QED) is 0.731. The van der Waals surface area contributed by atoms with Gasteiger partial charge < -0.3 is 5.73 Å². The van der Waals surface area contributed by atoms with Crippen LogP contribution < -0.4 is 5.73 Å². The molecule has 3 rings (SSSR count). The van der Waals surface area contributed by atoms with Crippen LogP contribution in [0.1, 0.15) is 16.8 Å². The Morgan fingerprint density at radius 3 is 2.55 bits per heavy atom. The SMILES string of the molecule is Cc1cc(C)c2c(N)c(-c3ccc(C#N)cc3)sc2n1. The minimum atomic E-state index is 0.651. The molecule has 0 aliphatic rings. The first-order valence-electron chi connectivity index (χ1n) is 6.27. The Morgan fingerprint density at radius 1 is 1.20 bits per heavy atom. The topological polar surface area (TPSA) is 62.7 Å². The molecule has 0 saturated carbocycles. The third-order valence-electron chi connectivity index (χ3n) is 3.30. The first kappa shape index (κ1) is 12.6. The molecule has 0 aliphatic carbocycles. The lowest BCUT2D eigenvalue weighted by molar-refractivity contribution is 1.25. The number of aromatic nitrogens is 1. The molecule has 0 fully saturated rings. The van der Waals surface area contributed by atoms with Gasteiger partial charge in [0.05, 0.1) is 22.2 Å². The van der Waals surface area contributed by atoms with Crippen LogP contribution in [0.5, 0.6) is 0 Å². The second kappa shape index (κ2) is 4.62. The van der Waals surface area contributed by atoms with E-state index >= 15 is 0 Å². The first-order valence-corrected chi connectivity index (χ1v) is 7.08. The summed E-state index contributed by atoms with van der Waals surface area (Å²) in [5.74, 6) is 0. The van der Waals surface area contributed by atoms with Gasteiger partial charge in [-0.3, -0.25) is 0 Å². The summed E-state index contributed by atoms with van der Waals surface area (Å²) < 4.78 is 0. The molecule has 0 unspecified atom stereocenters. The molecule has 98 valence electrons. The number of benzene rings is 1. The average Bonchev–Trinajstić information content (AvgIpc) is 2.76. The van der Waals surface area contributed by atoms with Gasteiger partial charge in [0, 0.05) is 11.1 Å². The Kier molecular flexibility index (Phi) is 2.92. The van der Waals surface area contributed by atoms with Crippen molar-refractivity contribution >= 4 is 27.2 Å². The predicted molar refractivity (Wildman–Crippen MR) is 83.7 cm³/mol. The number of nitrogen functional groups attached to an aromatic ring is 1. The van der Waals surface area contributed by atoms with Crippen molar-refractivity contribution in [3.05, 3.63) is 47.2 Å². The third kappa shape index (κ3) is 1.93. The molecular weight excluding hydrogens is 266 g/mol. The first-order chi connectivity index (χ1) is 9.60. The van der Waals surface area contributed by atoms with Crippen molar-refractivity contribution in [3.8, 4) is 16.5 Å². The number of hydrogen-bond donors (Lipinski definition) is 1. The van der Waals surface area contributed by atoms with E-state index in [1.807, 2.05) is 37.3 Å². The Labute approximate surface area is 121 Å². The van der Waals surface area contributed by atoms with E-state index in [0.717, 1.165) is 37.6 Å². The van der Waals surface area contributed by atoms with Crippen molar-refractivity contribution in [2.45, 2.75) is 13.8 Å². The number of nitrogens with two attached hydrogens (primary N) is 1. The van der Waals surface area contributed by atoms with Gasteiger partial charge in [0.2, 0.25) is 0 Å². The van der Waals surface area contributed by atoms with E-state index in [1.165, 1.54) is 0 Å². The number of aryl methyl sites for hydroxylation is 2. The molecule has 0 saturated heterocycles. The number of thiophene rings is 1. The van der Waals surface area contributed by atoms with Crippen LogP contribution in [0, 0.1) is 25.2 Å². The summed E-state index contributed by atoms with van der Waals surface area (Å²) in [6, 6.07) is 11.7. The van der Waals surface area contributed by atoms with E-state index in [0.29, 0.717) is 5.56 Å². The summed E-state index contributed by atoms with van der Waals surface area (Å²) >= 11 is 1.60. The third-order valence-corrected chi connectivity index (χ3v) is 4.45. The standard InChI is InChI=1S/C16H13N3S/c1-9-7-10(2)19-16-13(9)14(18)15(20-16)12-5-3-11(8-17)4-6-12/h3-7H,18H2,1-2H3. The highest BCUT2D eigenvalue weighted by molar-refractivity contribution is 7.22. The highest BCUT2D eigenvalue weighted by Crippen LogP contribution is 2.41. The zero-order valence-corrected chi connectivity index (χ0v) is 12.1. The number of anilines is 1. The van der Waals surface area contributed by atoms with Gasteiger partial charge in [-0.05, 0) is 43.2 Å². The molecule has 2 aromatic heterocycles. The maximum atomic E-state index is 8.85. The largest absolute Gasteiger partial charge is 0.397 e. The summed E-state index contributed by atoms with van der Waals surface area (Å²) in [6.45, 7) is 4.05. The average molecular weight is 279 g/mol. The van der Waals surface area contributed by atoms with Crippen LogP contribution in [0.15, 0.2) is 30.3 Å². The van der Waals surface area contributed by atoms with Crippen molar-refractivity contribution in [1.82, 2.24) is 4.98 Å². The molecule has 0 bridgehead atoms. The second-order valence-electron chi connectivity index (χ2n) is 4.79. The summed E-state index contributed by atoms with van der Waals surface area (Å²) in [6.07, 6.45) is 0. The van der Waals surface area contributed by atoms with Crippen LogP contribution in [-0.2, 0) is 0 Å². The summed E-state index contributed by atoms with van der Waals surface area (Å²) in [5, 5.41) is 9.89. The number of hydrogen-bond acceptors (Lipinski definition) is 4. The normalized spacial score (nSPS) is 10.7. The van der Waals surface area contributed by atoms with Crippen molar-refractivity contribution in [1.29, 1.82) is 5.26 Å². The fourth-order valence-corrected chi connectivity index (χ4v) is 3.60. The molecule has 3 nitrogen and oxygen atoms in total. The molecule has 0 spiro atoms. The second-order valence-corrected chi connectivity index (χ2v) is 5.79. The van der Waals surface area contributed by atoms with Crippen LogP contribution in [0.25, 0.3) is 20.7 Å². The fourth-order valence-electron chi connectivity index (χ4n) is 2.38. The number of nitriles is 1. The van der Waals surface area contributed by atoms with E-state index in [9.17, 15) is 0 Å². The highest BCUT2D eigenvalue weighted by atomic mass is 32.1. The lowest BCUT2D eigenvalue weighted by atomic mass is 10.1. The fraction of sp³-hybridized carbons (Fsp3) is 0.125. The molecule has 2 heterocycles. The molecule has 3 aromatic rings. The molecule has 0 amide bonds. The van der Waals surface area contributed by atoms with E-state index in [-0.39, 0.29) is 0 Å². The van der Waals surface area contributed by atoms with E-state index in [2.05, 4.69) is 18.0 Å². The minimum Gasteiger partial charge on any atom is -0.397 e. The van der Waals surface area contributed by atoms with Gasteiger partial charge in [-0.2, -0.15) is 5.26 Å². The molecule has 4 heteroatoms. The van der Waals surface area contributed by atoms with Gasteiger partial charge >= 0.3 is 0 Å². The number of pyridine rings is 1. The zero-order chi connectivity index (χ0) is 14.3. The maximum Gasteiger partial charge on any atom is 0.126 e. The monoisotopic (exact) mass is 279 g/mol. The van der Waals surface area contributed by atoms with Gasteiger partial charge in [0.25, 0.3) is 0 Å². The van der Waals surface area contributed by atoms with Crippen LogP contribution in [0.2, 0.25) is 0 Å². The van der Waals surface area contributed by atoms with Crippen molar-refractivity contribution < 1.29 is 0 Å². The predicted octanol–water partition coefficient (Wildman–Crippen LogP) is 4.03. The van der Waals surface area contributed by atoms with E-state index in [1.54, 1.807) is 11.3 Å². The van der Waals surface area contributed by atoms with Gasteiger partial charge in [0.15, 0.2) is 0 Å². The zero-order valence-electron chi connectivity index (χ0n) is 11.3. The Morgan fingerprint density at radius 2 is 1.90 bits per heavy atom. The lowest BCUT2D eigenvalue weighted by Crippen LogP contribution is -1.89. The maximum absolute atomic E-state index is 8.85. The van der Waals surface area contributed by atoms with E-state index < -0.39 is 0 Å². The van der Waals surface area contributed by atoms with Crippen LogP contribution in [0.3, 0.4) is 0 Å². The van der Waals surface area contributed by atoms with Gasteiger partial charge in [-0.25, -0.2) is 4.98 Å². The molecule has 0 atom stereocenters. The Hall–Kier alpha value is -2.38. The number of rotatable bonds is 1. The van der Waals surface area contributed by atoms with Crippen LogP contribution in [0.4, 0.5) is 5.69 Å². The molecule has 20 heavy (non-hydrogen) atoms. The highest BCUT2D eigenvalue weighted by Gasteiger charge is 2.14.